The monoisotopic (exact) mass is 288 g/mol. The maximum absolute atomic E-state index is 5.56. The molecule has 2 fully saturated rings. The highest BCUT2D eigenvalue weighted by molar-refractivity contribution is 5.37. The molecule has 2 aliphatic carbocycles. The zero-order valence-corrected chi connectivity index (χ0v) is 13.4. The molecule has 1 aromatic carbocycles. The molecular formula is C18H28N2O. The first-order valence-electron chi connectivity index (χ1n) is 8.40. The average molecular weight is 288 g/mol. The van der Waals surface area contributed by atoms with E-state index in [1.54, 1.807) is 7.11 Å². The number of nitrogens with one attached hydrogen (secondary N) is 1. The Morgan fingerprint density at radius 2 is 2.05 bits per heavy atom. The van der Waals surface area contributed by atoms with Gasteiger partial charge in [-0.25, -0.2) is 0 Å². The van der Waals surface area contributed by atoms with Gasteiger partial charge in [0.05, 0.1) is 7.11 Å². The molecule has 3 heteroatoms. The van der Waals surface area contributed by atoms with E-state index in [4.69, 9.17) is 4.74 Å². The van der Waals surface area contributed by atoms with Gasteiger partial charge in [-0.05, 0) is 55.8 Å². The summed E-state index contributed by atoms with van der Waals surface area (Å²) in [5, 5.41) is 3.59. The van der Waals surface area contributed by atoms with E-state index < -0.39 is 0 Å². The Bertz CT molecular complexity index is 466. The summed E-state index contributed by atoms with van der Waals surface area (Å²) in [4.78, 5) is 2.55. The zero-order valence-electron chi connectivity index (χ0n) is 13.4. The molecule has 1 N–H and O–H groups in total. The number of ether oxygens (including phenoxy) is 1. The van der Waals surface area contributed by atoms with Gasteiger partial charge in [0, 0.05) is 31.2 Å². The van der Waals surface area contributed by atoms with Crippen LogP contribution in [0.2, 0.25) is 0 Å². The number of hydrogen-bond donors (Lipinski definition) is 1. The number of benzene rings is 1. The summed E-state index contributed by atoms with van der Waals surface area (Å²) in [6.45, 7) is 6.60. The first kappa shape index (κ1) is 14.9. The van der Waals surface area contributed by atoms with E-state index in [1.165, 1.54) is 43.4 Å². The van der Waals surface area contributed by atoms with Crippen molar-refractivity contribution in [3.63, 3.8) is 0 Å². The fourth-order valence-electron chi connectivity index (χ4n) is 2.83. The van der Waals surface area contributed by atoms with Crippen LogP contribution in [-0.4, -0.2) is 31.1 Å². The molecule has 21 heavy (non-hydrogen) atoms. The Hall–Kier alpha value is -1.06. The Labute approximate surface area is 128 Å². The van der Waals surface area contributed by atoms with Crippen LogP contribution in [0.4, 0.5) is 0 Å². The molecule has 0 saturated heterocycles. The van der Waals surface area contributed by atoms with Gasteiger partial charge in [0.25, 0.3) is 0 Å². The van der Waals surface area contributed by atoms with E-state index in [9.17, 15) is 0 Å². The Morgan fingerprint density at radius 1 is 1.24 bits per heavy atom. The molecular weight excluding hydrogens is 260 g/mol. The van der Waals surface area contributed by atoms with E-state index in [-0.39, 0.29) is 0 Å². The minimum atomic E-state index is 0.762. The minimum Gasteiger partial charge on any atom is -0.496 e. The summed E-state index contributed by atoms with van der Waals surface area (Å²) in [5.41, 5.74) is 2.70. The van der Waals surface area contributed by atoms with Crippen LogP contribution < -0.4 is 10.1 Å². The van der Waals surface area contributed by atoms with E-state index in [2.05, 4.69) is 35.3 Å². The number of rotatable bonds is 9. The van der Waals surface area contributed by atoms with Crippen molar-refractivity contribution in [1.82, 2.24) is 10.2 Å². The lowest BCUT2D eigenvalue weighted by atomic mass is 10.1. The maximum Gasteiger partial charge on any atom is 0.123 e. The lowest BCUT2D eigenvalue weighted by Gasteiger charge is -2.22. The van der Waals surface area contributed by atoms with Gasteiger partial charge >= 0.3 is 0 Å². The third-order valence-corrected chi connectivity index (χ3v) is 4.57. The largest absolute Gasteiger partial charge is 0.496 e. The molecule has 0 spiro atoms. The number of hydrogen-bond acceptors (Lipinski definition) is 3. The quantitative estimate of drug-likeness (QED) is 0.755. The van der Waals surface area contributed by atoms with Crippen LogP contribution in [-0.2, 0) is 13.1 Å². The number of nitrogens with zero attached hydrogens (tertiary/aromatic N) is 1. The summed E-state index contributed by atoms with van der Waals surface area (Å²) in [6, 6.07) is 7.40. The highest BCUT2D eigenvalue weighted by atomic mass is 16.5. The van der Waals surface area contributed by atoms with Gasteiger partial charge < -0.3 is 10.1 Å². The Kier molecular flexibility index (Phi) is 4.81. The zero-order chi connectivity index (χ0) is 14.7. The highest BCUT2D eigenvalue weighted by Crippen LogP contribution is 2.31. The molecule has 0 atom stereocenters. The molecule has 3 rings (SSSR count). The predicted molar refractivity (Wildman–Crippen MR) is 86.5 cm³/mol. The van der Waals surface area contributed by atoms with Crippen LogP contribution >= 0.6 is 0 Å². The molecule has 2 aliphatic rings. The molecule has 3 nitrogen and oxygen atoms in total. The van der Waals surface area contributed by atoms with E-state index in [0.29, 0.717) is 0 Å². The van der Waals surface area contributed by atoms with Gasteiger partial charge in [-0.1, -0.05) is 13.0 Å². The van der Waals surface area contributed by atoms with Crippen LogP contribution in [0, 0.1) is 5.92 Å². The topological polar surface area (TPSA) is 24.5 Å². The summed E-state index contributed by atoms with van der Waals surface area (Å²) < 4.78 is 5.56. The van der Waals surface area contributed by atoms with Crippen LogP contribution in [0.1, 0.15) is 43.7 Å². The van der Waals surface area contributed by atoms with Crippen LogP contribution in [0.3, 0.4) is 0 Å². The molecule has 0 bridgehead atoms. The van der Waals surface area contributed by atoms with E-state index in [1.807, 2.05) is 0 Å². The van der Waals surface area contributed by atoms with Crippen LogP contribution in [0.5, 0.6) is 5.75 Å². The lowest BCUT2D eigenvalue weighted by Crippen LogP contribution is -2.25. The lowest BCUT2D eigenvalue weighted by molar-refractivity contribution is 0.263. The Morgan fingerprint density at radius 3 is 2.67 bits per heavy atom. The second kappa shape index (κ2) is 6.80. The molecule has 0 unspecified atom stereocenters. The molecule has 0 amide bonds. The first-order valence-corrected chi connectivity index (χ1v) is 8.40. The van der Waals surface area contributed by atoms with Crippen molar-refractivity contribution >= 4 is 0 Å². The maximum atomic E-state index is 5.56. The SMILES string of the molecule is CCN(Cc1cc(CNC2CC2)ccc1OC)CC1CC1. The normalized spacial score (nSPS) is 18.2. The van der Waals surface area contributed by atoms with Gasteiger partial charge in [-0.3, -0.25) is 4.90 Å². The van der Waals surface area contributed by atoms with Gasteiger partial charge in [-0.2, -0.15) is 0 Å². The van der Waals surface area contributed by atoms with E-state index in [0.717, 1.165) is 37.3 Å². The second-order valence-electron chi connectivity index (χ2n) is 6.57. The summed E-state index contributed by atoms with van der Waals surface area (Å²) in [7, 11) is 1.78. The molecule has 1 aromatic rings. The number of methoxy groups -OCH3 is 1. The standard InChI is InChI=1S/C18H28N2O/c1-3-20(12-14-4-5-14)13-16-10-15(6-9-18(16)21-2)11-19-17-7-8-17/h6,9-10,14,17,19H,3-5,7-8,11-13H2,1-2H3. The van der Waals surface area contributed by atoms with Gasteiger partial charge in [0.2, 0.25) is 0 Å². The Balaban J connectivity index is 1.65. The van der Waals surface area contributed by atoms with Crippen molar-refractivity contribution in [1.29, 1.82) is 0 Å². The predicted octanol–water partition coefficient (Wildman–Crippen LogP) is 3.18. The van der Waals surface area contributed by atoms with Gasteiger partial charge in [0.15, 0.2) is 0 Å². The van der Waals surface area contributed by atoms with Crippen molar-refractivity contribution in [2.24, 2.45) is 5.92 Å². The van der Waals surface area contributed by atoms with Crippen molar-refractivity contribution in [3.05, 3.63) is 29.3 Å². The van der Waals surface area contributed by atoms with Crippen molar-refractivity contribution < 1.29 is 4.74 Å². The minimum absolute atomic E-state index is 0.762. The fourth-order valence-corrected chi connectivity index (χ4v) is 2.83. The molecule has 0 aliphatic heterocycles. The molecule has 116 valence electrons. The molecule has 0 aromatic heterocycles. The molecule has 2 saturated carbocycles. The fraction of sp³-hybridized carbons (Fsp3) is 0.667. The third kappa shape index (κ3) is 4.45. The smallest absolute Gasteiger partial charge is 0.123 e. The molecule has 0 radical (unpaired) electrons. The summed E-state index contributed by atoms with van der Waals surface area (Å²) in [5.74, 6) is 1.97. The first-order chi connectivity index (χ1) is 10.3. The summed E-state index contributed by atoms with van der Waals surface area (Å²) >= 11 is 0. The van der Waals surface area contributed by atoms with Gasteiger partial charge in [0.1, 0.15) is 5.75 Å². The second-order valence-corrected chi connectivity index (χ2v) is 6.57. The van der Waals surface area contributed by atoms with Crippen molar-refractivity contribution in [2.45, 2.75) is 51.7 Å². The third-order valence-electron chi connectivity index (χ3n) is 4.57. The van der Waals surface area contributed by atoms with Crippen molar-refractivity contribution in [3.8, 4) is 5.75 Å². The highest BCUT2D eigenvalue weighted by Gasteiger charge is 2.24. The van der Waals surface area contributed by atoms with Crippen molar-refractivity contribution in [2.75, 3.05) is 20.2 Å². The van der Waals surface area contributed by atoms with Gasteiger partial charge in [-0.15, -0.1) is 0 Å². The van der Waals surface area contributed by atoms with E-state index >= 15 is 0 Å². The summed E-state index contributed by atoms with van der Waals surface area (Å²) in [6.07, 6.45) is 5.51. The van der Waals surface area contributed by atoms with Crippen LogP contribution in [0.15, 0.2) is 18.2 Å². The van der Waals surface area contributed by atoms with Crippen LogP contribution in [0.25, 0.3) is 0 Å². The average Bonchev–Trinajstić information content (AvgIpc) is 3.39. The molecule has 0 heterocycles.